The van der Waals surface area contributed by atoms with E-state index in [1.807, 2.05) is 12.3 Å². The van der Waals surface area contributed by atoms with Gasteiger partial charge in [0.1, 0.15) is 10.5 Å². The highest BCUT2D eigenvalue weighted by atomic mass is 32.1. The number of nitrogens with one attached hydrogen (secondary N) is 1. The van der Waals surface area contributed by atoms with Gasteiger partial charge in [0.25, 0.3) is 0 Å². The van der Waals surface area contributed by atoms with E-state index >= 15 is 0 Å². The third-order valence-corrected chi connectivity index (χ3v) is 4.62. The second kappa shape index (κ2) is 5.15. The second-order valence-electron chi connectivity index (χ2n) is 5.52. The standard InChI is InChI=1S/C16H15N5S/c1-21(2)9-15-19-14-8-17-13-7-10(12-5-6-18-20-12)3-4-11(13)16(14)22-15/h3-8H,9H2,1-2H3,(H,18,20). The highest BCUT2D eigenvalue weighted by molar-refractivity contribution is 7.19. The molecule has 0 radical (unpaired) electrons. The Hall–Kier alpha value is -2.31. The van der Waals surface area contributed by atoms with Gasteiger partial charge in [-0.15, -0.1) is 11.3 Å². The van der Waals surface area contributed by atoms with Gasteiger partial charge >= 0.3 is 0 Å². The smallest absolute Gasteiger partial charge is 0.108 e. The lowest BCUT2D eigenvalue weighted by Gasteiger charge is -2.04. The van der Waals surface area contributed by atoms with Crippen LogP contribution in [0.2, 0.25) is 0 Å². The lowest BCUT2D eigenvalue weighted by Crippen LogP contribution is -2.09. The molecule has 0 saturated carbocycles. The van der Waals surface area contributed by atoms with Crippen LogP contribution in [0.5, 0.6) is 0 Å². The molecule has 0 aliphatic carbocycles. The van der Waals surface area contributed by atoms with E-state index in [-0.39, 0.29) is 0 Å². The van der Waals surface area contributed by atoms with Gasteiger partial charge in [-0.25, -0.2) is 4.98 Å². The largest absolute Gasteiger partial charge is 0.303 e. The van der Waals surface area contributed by atoms with Crippen molar-refractivity contribution in [1.29, 1.82) is 0 Å². The zero-order valence-corrected chi connectivity index (χ0v) is 13.2. The van der Waals surface area contributed by atoms with Crippen LogP contribution in [0.3, 0.4) is 0 Å². The van der Waals surface area contributed by atoms with Crippen molar-refractivity contribution in [2.24, 2.45) is 0 Å². The molecule has 0 unspecified atom stereocenters. The number of hydrogen-bond donors (Lipinski definition) is 1. The average Bonchev–Trinajstić information content (AvgIpc) is 3.14. The maximum Gasteiger partial charge on any atom is 0.108 e. The fraction of sp³-hybridized carbons (Fsp3) is 0.188. The minimum atomic E-state index is 0.854. The van der Waals surface area contributed by atoms with Crippen LogP contribution in [0, 0.1) is 0 Å². The molecule has 5 nitrogen and oxygen atoms in total. The maximum absolute atomic E-state index is 4.67. The van der Waals surface area contributed by atoms with Crippen LogP contribution in [-0.4, -0.2) is 39.2 Å². The number of thiazole rings is 1. The molecular weight excluding hydrogens is 294 g/mol. The molecule has 4 rings (SSSR count). The molecule has 0 saturated heterocycles. The number of aromatic amines is 1. The van der Waals surface area contributed by atoms with Crippen molar-refractivity contribution in [2.75, 3.05) is 14.1 Å². The van der Waals surface area contributed by atoms with E-state index in [1.165, 1.54) is 4.70 Å². The minimum absolute atomic E-state index is 0.854. The Labute approximate surface area is 131 Å². The number of aromatic nitrogens is 4. The van der Waals surface area contributed by atoms with Crippen LogP contribution in [0.4, 0.5) is 0 Å². The summed E-state index contributed by atoms with van der Waals surface area (Å²) in [6, 6.07) is 8.27. The Morgan fingerprint density at radius 1 is 1.18 bits per heavy atom. The monoisotopic (exact) mass is 309 g/mol. The summed E-state index contributed by atoms with van der Waals surface area (Å²) in [7, 11) is 4.11. The van der Waals surface area contributed by atoms with Crippen LogP contribution in [0.1, 0.15) is 5.01 Å². The van der Waals surface area contributed by atoms with E-state index in [9.17, 15) is 0 Å². The van der Waals surface area contributed by atoms with Crippen LogP contribution in [-0.2, 0) is 6.54 Å². The molecule has 0 spiro atoms. The van der Waals surface area contributed by atoms with Crippen molar-refractivity contribution in [3.63, 3.8) is 0 Å². The number of nitrogens with zero attached hydrogens (tertiary/aromatic N) is 4. The molecule has 0 fully saturated rings. The molecule has 1 aromatic carbocycles. The van der Waals surface area contributed by atoms with Crippen molar-refractivity contribution in [3.8, 4) is 11.3 Å². The van der Waals surface area contributed by atoms with E-state index in [0.29, 0.717) is 0 Å². The van der Waals surface area contributed by atoms with Gasteiger partial charge in [0.15, 0.2) is 0 Å². The van der Waals surface area contributed by atoms with E-state index in [2.05, 4.69) is 57.4 Å². The van der Waals surface area contributed by atoms with Crippen molar-refractivity contribution in [2.45, 2.75) is 6.54 Å². The molecule has 3 heterocycles. The number of H-pyrrole nitrogens is 1. The first-order valence-electron chi connectivity index (χ1n) is 7.03. The van der Waals surface area contributed by atoms with Crippen LogP contribution < -0.4 is 0 Å². The Balaban J connectivity index is 1.87. The third-order valence-electron chi connectivity index (χ3n) is 3.53. The molecule has 4 aromatic rings. The fourth-order valence-electron chi connectivity index (χ4n) is 2.54. The summed E-state index contributed by atoms with van der Waals surface area (Å²) in [6.07, 6.45) is 3.62. The van der Waals surface area contributed by atoms with Crippen molar-refractivity contribution >= 4 is 32.5 Å². The molecule has 1 N–H and O–H groups in total. The first kappa shape index (κ1) is 13.4. The lowest BCUT2D eigenvalue weighted by atomic mass is 10.1. The summed E-state index contributed by atoms with van der Waals surface area (Å²) in [5, 5.41) is 9.26. The molecule has 0 atom stereocenters. The number of fused-ring (bicyclic) bond motifs is 3. The van der Waals surface area contributed by atoms with Crippen LogP contribution >= 0.6 is 11.3 Å². The predicted octanol–water partition coefficient (Wildman–Crippen LogP) is 3.30. The Morgan fingerprint density at radius 3 is 2.86 bits per heavy atom. The molecule has 0 amide bonds. The van der Waals surface area contributed by atoms with E-state index in [4.69, 9.17) is 0 Å². The van der Waals surface area contributed by atoms with Crippen molar-refractivity contribution in [3.05, 3.63) is 41.7 Å². The maximum atomic E-state index is 4.67. The molecule has 110 valence electrons. The van der Waals surface area contributed by atoms with Gasteiger partial charge in [0.2, 0.25) is 0 Å². The third kappa shape index (κ3) is 2.26. The Morgan fingerprint density at radius 2 is 2.09 bits per heavy atom. The lowest BCUT2D eigenvalue weighted by molar-refractivity contribution is 0.402. The number of hydrogen-bond acceptors (Lipinski definition) is 5. The summed E-state index contributed by atoms with van der Waals surface area (Å²) in [6.45, 7) is 0.854. The van der Waals surface area contributed by atoms with E-state index in [0.717, 1.165) is 39.2 Å². The Kier molecular flexibility index (Phi) is 3.13. The quantitative estimate of drug-likeness (QED) is 0.631. The zero-order valence-electron chi connectivity index (χ0n) is 12.4. The highest BCUT2D eigenvalue weighted by Gasteiger charge is 2.10. The fourth-order valence-corrected chi connectivity index (χ4v) is 3.73. The van der Waals surface area contributed by atoms with E-state index in [1.54, 1.807) is 17.5 Å². The summed E-state index contributed by atoms with van der Waals surface area (Å²) < 4.78 is 1.21. The first-order chi connectivity index (χ1) is 10.7. The predicted molar refractivity (Wildman–Crippen MR) is 89.9 cm³/mol. The van der Waals surface area contributed by atoms with Gasteiger partial charge in [0, 0.05) is 23.7 Å². The molecule has 0 aliphatic heterocycles. The minimum Gasteiger partial charge on any atom is -0.303 e. The molecule has 0 bridgehead atoms. The molecule has 0 aliphatic rings. The second-order valence-corrected chi connectivity index (χ2v) is 6.60. The number of rotatable bonds is 3. The average molecular weight is 309 g/mol. The summed E-state index contributed by atoms with van der Waals surface area (Å²) in [5.74, 6) is 0. The van der Waals surface area contributed by atoms with Gasteiger partial charge in [-0.05, 0) is 26.2 Å². The van der Waals surface area contributed by atoms with Gasteiger partial charge in [-0.1, -0.05) is 12.1 Å². The van der Waals surface area contributed by atoms with Crippen LogP contribution in [0.15, 0.2) is 36.7 Å². The van der Waals surface area contributed by atoms with Crippen LogP contribution in [0.25, 0.3) is 32.4 Å². The topological polar surface area (TPSA) is 57.7 Å². The molecule has 6 heteroatoms. The highest BCUT2D eigenvalue weighted by Crippen LogP contribution is 2.31. The number of pyridine rings is 1. The van der Waals surface area contributed by atoms with Crippen molar-refractivity contribution < 1.29 is 0 Å². The summed E-state index contributed by atoms with van der Waals surface area (Å²) in [4.78, 5) is 11.4. The molecular formula is C16H15N5S. The first-order valence-corrected chi connectivity index (χ1v) is 7.85. The molecule has 22 heavy (non-hydrogen) atoms. The van der Waals surface area contributed by atoms with Gasteiger partial charge in [-0.3, -0.25) is 10.1 Å². The van der Waals surface area contributed by atoms with E-state index < -0.39 is 0 Å². The van der Waals surface area contributed by atoms with Gasteiger partial charge in [0.05, 0.1) is 22.1 Å². The molecule has 3 aromatic heterocycles. The van der Waals surface area contributed by atoms with Crippen molar-refractivity contribution in [1.82, 2.24) is 25.1 Å². The summed E-state index contributed by atoms with van der Waals surface area (Å²) >= 11 is 1.75. The van der Waals surface area contributed by atoms with Gasteiger partial charge < -0.3 is 4.90 Å². The number of benzene rings is 1. The summed E-state index contributed by atoms with van der Waals surface area (Å²) in [5.41, 5.74) is 4.06. The zero-order chi connectivity index (χ0) is 15.1. The normalized spacial score (nSPS) is 11.8. The van der Waals surface area contributed by atoms with Gasteiger partial charge in [-0.2, -0.15) is 5.10 Å². The SMILES string of the molecule is CN(C)Cc1nc2cnc3cc(-c4ccn[nH]4)ccc3c2s1. The Bertz CT molecular complexity index is 940.